The molecule has 0 aliphatic heterocycles. The highest BCUT2D eigenvalue weighted by Crippen LogP contribution is 2.21. The molecule has 1 unspecified atom stereocenters. The molecule has 122 valence electrons. The molecular formula is C20H30NO-. The summed E-state index contributed by atoms with van der Waals surface area (Å²) < 4.78 is 0. The van der Waals surface area contributed by atoms with Crippen molar-refractivity contribution in [3.05, 3.63) is 53.1 Å². The Bertz CT molecular complexity index is 498. The summed E-state index contributed by atoms with van der Waals surface area (Å²) in [5.41, 5.74) is 4.38. The SMILES string of the molecule is Cc1cc[cH-]c1CN(CCCCCCO)CC1=CC=CC1C. The van der Waals surface area contributed by atoms with Crippen LogP contribution in [0.2, 0.25) is 0 Å². The Labute approximate surface area is 135 Å². The maximum Gasteiger partial charge on any atom is 0.0431 e. The second-order valence-electron chi connectivity index (χ2n) is 6.50. The van der Waals surface area contributed by atoms with E-state index in [1.807, 2.05) is 0 Å². The van der Waals surface area contributed by atoms with Gasteiger partial charge in [0.15, 0.2) is 0 Å². The molecule has 0 saturated heterocycles. The molecule has 1 aromatic carbocycles. The topological polar surface area (TPSA) is 23.5 Å². The molecule has 1 aromatic rings. The first-order chi connectivity index (χ1) is 10.7. The van der Waals surface area contributed by atoms with Crippen molar-refractivity contribution in [1.82, 2.24) is 4.90 Å². The van der Waals surface area contributed by atoms with E-state index < -0.39 is 0 Å². The van der Waals surface area contributed by atoms with Gasteiger partial charge in [-0.3, -0.25) is 4.90 Å². The zero-order valence-corrected chi connectivity index (χ0v) is 14.1. The molecule has 1 aliphatic rings. The predicted octanol–water partition coefficient (Wildman–Crippen LogP) is 4.20. The highest BCUT2D eigenvalue weighted by atomic mass is 16.2. The largest absolute Gasteiger partial charge is 0.396 e. The van der Waals surface area contributed by atoms with E-state index in [-0.39, 0.29) is 0 Å². The van der Waals surface area contributed by atoms with Crippen molar-refractivity contribution in [2.75, 3.05) is 19.7 Å². The summed E-state index contributed by atoms with van der Waals surface area (Å²) in [6.07, 6.45) is 11.3. The van der Waals surface area contributed by atoms with Gasteiger partial charge in [-0.2, -0.15) is 23.3 Å². The van der Waals surface area contributed by atoms with Crippen molar-refractivity contribution < 1.29 is 5.11 Å². The Kier molecular flexibility index (Phi) is 7.01. The molecule has 22 heavy (non-hydrogen) atoms. The summed E-state index contributed by atoms with van der Waals surface area (Å²) in [6.45, 7) is 8.06. The fourth-order valence-electron chi connectivity index (χ4n) is 3.06. The Balaban J connectivity index is 1.87. The van der Waals surface area contributed by atoms with Crippen molar-refractivity contribution in [3.63, 3.8) is 0 Å². The third-order valence-corrected chi connectivity index (χ3v) is 4.63. The first-order valence-corrected chi connectivity index (χ1v) is 8.62. The minimum absolute atomic E-state index is 0.326. The summed E-state index contributed by atoms with van der Waals surface area (Å²) in [7, 11) is 0. The van der Waals surface area contributed by atoms with E-state index in [9.17, 15) is 0 Å². The van der Waals surface area contributed by atoms with E-state index in [1.165, 1.54) is 29.5 Å². The van der Waals surface area contributed by atoms with Crippen LogP contribution in [0.25, 0.3) is 0 Å². The molecule has 2 nitrogen and oxygen atoms in total. The van der Waals surface area contributed by atoms with E-state index in [1.54, 1.807) is 0 Å². The lowest BCUT2D eigenvalue weighted by atomic mass is 10.0. The van der Waals surface area contributed by atoms with Crippen LogP contribution in [0.4, 0.5) is 0 Å². The molecular weight excluding hydrogens is 270 g/mol. The van der Waals surface area contributed by atoms with E-state index in [2.05, 4.69) is 55.2 Å². The van der Waals surface area contributed by atoms with E-state index in [4.69, 9.17) is 5.11 Å². The van der Waals surface area contributed by atoms with Crippen molar-refractivity contribution >= 4 is 0 Å². The number of allylic oxidation sites excluding steroid dienone is 3. The molecule has 1 N–H and O–H groups in total. The van der Waals surface area contributed by atoms with Gasteiger partial charge in [-0.25, -0.2) is 6.07 Å². The average Bonchev–Trinajstić information content (AvgIpc) is 3.08. The second-order valence-corrected chi connectivity index (χ2v) is 6.50. The number of aliphatic hydroxyl groups is 1. The Morgan fingerprint density at radius 1 is 1.18 bits per heavy atom. The van der Waals surface area contributed by atoms with Crippen LogP contribution in [-0.4, -0.2) is 29.7 Å². The van der Waals surface area contributed by atoms with Crippen LogP contribution in [0.5, 0.6) is 0 Å². The minimum Gasteiger partial charge on any atom is -0.396 e. The third-order valence-electron chi connectivity index (χ3n) is 4.63. The van der Waals surface area contributed by atoms with Crippen molar-refractivity contribution in [2.45, 2.75) is 46.1 Å². The van der Waals surface area contributed by atoms with E-state index >= 15 is 0 Å². The summed E-state index contributed by atoms with van der Waals surface area (Å²) in [4.78, 5) is 2.58. The standard InChI is InChI=1S/C20H30NO/c1-17-9-7-11-19(17)15-21(13-5-3-4-6-14-22)16-20-12-8-10-18(20)2/h7-12,17,22H,3-6,13-16H2,1-2H3/q-1. The summed E-state index contributed by atoms with van der Waals surface area (Å²) in [6, 6.07) is 6.61. The minimum atomic E-state index is 0.326. The number of rotatable bonds is 10. The highest BCUT2D eigenvalue weighted by Gasteiger charge is 2.13. The fourth-order valence-corrected chi connectivity index (χ4v) is 3.06. The molecule has 2 heteroatoms. The molecule has 0 radical (unpaired) electrons. The lowest BCUT2D eigenvalue weighted by Crippen LogP contribution is -2.28. The molecule has 0 aromatic heterocycles. The maximum absolute atomic E-state index is 8.87. The Morgan fingerprint density at radius 3 is 2.64 bits per heavy atom. The summed E-state index contributed by atoms with van der Waals surface area (Å²) in [5.74, 6) is 0.581. The maximum atomic E-state index is 8.87. The summed E-state index contributed by atoms with van der Waals surface area (Å²) in [5, 5.41) is 8.87. The second kappa shape index (κ2) is 9.02. The van der Waals surface area contributed by atoms with Gasteiger partial charge in [0.1, 0.15) is 0 Å². The first-order valence-electron chi connectivity index (χ1n) is 8.62. The quantitative estimate of drug-likeness (QED) is 0.517. The van der Waals surface area contributed by atoms with Crippen LogP contribution in [-0.2, 0) is 6.54 Å². The number of aliphatic hydroxyl groups excluding tert-OH is 1. The van der Waals surface area contributed by atoms with Crippen LogP contribution < -0.4 is 0 Å². The predicted molar refractivity (Wildman–Crippen MR) is 94.0 cm³/mol. The lowest BCUT2D eigenvalue weighted by Gasteiger charge is -2.26. The van der Waals surface area contributed by atoms with Gasteiger partial charge < -0.3 is 5.11 Å². The van der Waals surface area contributed by atoms with Crippen LogP contribution >= 0.6 is 0 Å². The number of hydrogen-bond acceptors (Lipinski definition) is 2. The van der Waals surface area contributed by atoms with Crippen molar-refractivity contribution in [1.29, 1.82) is 0 Å². The average molecular weight is 300 g/mol. The van der Waals surface area contributed by atoms with Gasteiger partial charge >= 0.3 is 0 Å². The summed E-state index contributed by atoms with van der Waals surface area (Å²) >= 11 is 0. The normalized spacial score (nSPS) is 17.5. The van der Waals surface area contributed by atoms with Gasteiger partial charge in [-0.1, -0.05) is 44.9 Å². The fraction of sp³-hybridized carbons (Fsp3) is 0.550. The molecule has 2 rings (SSSR count). The molecule has 0 fully saturated rings. The molecule has 0 bridgehead atoms. The van der Waals surface area contributed by atoms with Crippen LogP contribution in [0.3, 0.4) is 0 Å². The molecule has 1 atom stereocenters. The van der Waals surface area contributed by atoms with E-state index in [0.29, 0.717) is 12.5 Å². The van der Waals surface area contributed by atoms with Gasteiger partial charge in [-0.05, 0) is 30.9 Å². The van der Waals surface area contributed by atoms with Gasteiger partial charge in [-0.15, -0.1) is 0 Å². The van der Waals surface area contributed by atoms with Crippen LogP contribution in [0, 0.1) is 12.8 Å². The number of unbranched alkanes of at least 4 members (excludes halogenated alkanes) is 3. The monoisotopic (exact) mass is 300 g/mol. The van der Waals surface area contributed by atoms with Gasteiger partial charge in [0, 0.05) is 19.7 Å². The number of hydrogen-bond donors (Lipinski definition) is 1. The zero-order chi connectivity index (χ0) is 15.8. The Morgan fingerprint density at radius 2 is 2.00 bits per heavy atom. The molecule has 1 aliphatic carbocycles. The van der Waals surface area contributed by atoms with E-state index in [0.717, 1.165) is 32.5 Å². The molecule has 0 saturated carbocycles. The Hall–Kier alpha value is -1.25. The highest BCUT2D eigenvalue weighted by molar-refractivity contribution is 5.29. The lowest BCUT2D eigenvalue weighted by molar-refractivity contribution is 0.264. The third kappa shape index (κ3) is 5.19. The molecule has 0 amide bonds. The zero-order valence-electron chi connectivity index (χ0n) is 14.1. The number of aryl methyl sites for hydroxylation is 1. The van der Waals surface area contributed by atoms with Gasteiger partial charge in [0.05, 0.1) is 0 Å². The smallest absolute Gasteiger partial charge is 0.0431 e. The van der Waals surface area contributed by atoms with Crippen LogP contribution in [0.15, 0.2) is 42.0 Å². The van der Waals surface area contributed by atoms with Crippen molar-refractivity contribution in [2.24, 2.45) is 5.92 Å². The van der Waals surface area contributed by atoms with Crippen molar-refractivity contribution in [3.8, 4) is 0 Å². The van der Waals surface area contributed by atoms with Gasteiger partial charge in [0.25, 0.3) is 0 Å². The molecule has 0 spiro atoms. The van der Waals surface area contributed by atoms with Gasteiger partial charge in [0.2, 0.25) is 0 Å². The number of nitrogens with zero attached hydrogens (tertiary/aromatic N) is 1. The van der Waals surface area contributed by atoms with Crippen LogP contribution in [0.1, 0.15) is 43.7 Å². The molecule has 0 heterocycles. The first kappa shape index (κ1) is 17.1.